The number of rotatable bonds is 3. The van der Waals surface area contributed by atoms with Gasteiger partial charge >= 0.3 is 6.18 Å². The molecule has 0 unspecified atom stereocenters. The number of benzene rings is 1. The molecule has 104 valence electrons. The highest BCUT2D eigenvalue weighted by atomic mass is 79.9. The van der Waals surface area contributed by atoms with Crippen LogP contribution in [0.4, 0.5) is 13.2 Å². The van der Waals surface area contributed by atoms with Crippen LogP contribution >= 0.6 is 28.3 Å². The zero-order valence-corrected chi connectivity index (χ0v) is 12.0. The molecular weight excluding hydrogens is 334 g/mol. The maximum absolute atomic E-state index is 12.8. The first-order chi connectivity index (χ1) is 7.79. The van der Waals surface area contributed by atoms with Crippen molar-refractivity contribution < 1.29 is 18.3 Å². The number of hydrogen-bond donors (Lipinski definition) is 2. The van der Waals surface area contributed by atoms with Crippen molar-refractivity contribution in [2.45, 2.75) is 32.0 Å². The summed E-state index contributed by atoms with van der Waals surface area (Å²) in [7, 11) is 0. The molecule has 18 heavy (non-hydrogen) atoms. The van der Waals surface area contributed by atoms with Crippen molar-refractivity contribution in [2.75, 3.05) is 0 Å². The molecule has 1 rings (SSSR count). The second-order valence-corrected chi connectivity index (χ2v) is 4.60. The van der Waals surface area contributed by atoms with Gasteiger partial charge in [0, 0.05) is 11.6 Å². The molecule has 0 fully saturated rings. The molecule has 0 aromatic heterocycles. The van der Waals surface area contributed by atoms with Gasteiger partial charge in [-0.1, -0.05) is 13.3 Å². The maximum atomic E-state index is 12.8. The van der Waals surface area contributed by atoms with Crippen LogP contribution in [0.3, 0.4) is 0 Å². The van der Waals surface area contributed by atoms with Gasteiger partial charge in [0.25, 0.3) is 0 Å². The lowest BCUT2D eigenvalue weighted by molar-refractivity contribution is -0.138. The number of phenolic OH excluding ortho intramolecular Hbond substituents is 1. The van der Waals surface area contributed by atoms with Crippen molar-refractivity contribution in [1.82, 2.24) is 0 Å². The van der Waals surface area contributed by atoms with Crippen molar-refractivity contribution in [3.05, 3.63) is 27.7 Å². The molecule has 1 aromatic rings. The molecule has 0 radical (unpaired) electrons. The van der Waals surface area contributed by atoms with Crippen molar-refractivity contribution in [1.29, 1.82) is 0 Å². The lowest BCUT2D eigenvalue weighted by Gasteiger charge is -2.20. The Morgan fingerprint density at radius 2 is 1.94 bits per heavy atom. The van der Waals surface area contributed by atoms with Crippen LogP contribution < -0.4 is 5.73 Å². The van der Waals surface area contributed by atoms with Crippen molar-refractivity contribution in [3.63, 3.8) is 0 Å². The lowest BCUT2D eigenvalue weighted by Crippen LogP contribution is -2.17. The quantitative estimate of drug-likeness (QED) is 0.850. The Balaban J connectivity index is 0.00000289. The van der Waals surface area contributed by atoms with Gasteiger partial charge in [-0.25, -0.2) is 0 Å². The standard InChI is InChI=1S/C11H13BrF3NO.ClH/c1-2-3-8(16)9-6(11(13,14)15)4-5-7(12)10(9)17;/h4-5,8,17H,2-3,16H2,1H3;1H/t8-;/m1./s1. The molecule has 2 nitrogen and oxygen atoms in total. The fourth-order valence-corrected chi connectivity index (χ4v) is 2.01. The highest BCUT2D eigenvalue weighted by Crippen LogP contribution is 2.42. The predicted octanol–water partition coefficient (Wildman–Crippen LogP) is 4.40. The first kappa shape index (κ1) is 17.5. The van der Waals surface area contributed by atoms with Crippen LogP contribution in [0.25, 0.3) is 0 Å². The normalized spacial score (nSPS) is 13.0. The maximum Gasteiger partial charge on any atom is 0.416 e. The average molecular weight is 349 g/mol. The van der Waals surface area contributed by atoms with Crippen LogP contribution in [-0.2, 0) is 6.18 Å². The SMILES string of the molecule is CCC[C@@H](N)c1c(C(F)(F)F)ccc(Br)c1O.Cl. The van der Waals surface area contributed by atoms with Gasteiger partial charge in [-0.3, -0.25) is 0 Å². The Kier molecular flexibility index (Phi) is 6.46. The number of halogens is 5. The molecule has 7 heteroatoms. The van der Waals surface area contributed by atoms with Crippen LogP contribution in [0.2, 0.25) is 0 Å². The molecule has 0 aliphatic carbocycles. The number of hydrogen-bond acceptors (Lipinski definition) is 2. The van der Waals surface area contributed by atoms with Crippen molar-refractivity contribution in [3.8, 4) is 5.75 Å². The van der Waals surface area contributed by atoms with Crippen molar-refractivity contribution >= 4 is 28.3 Å². The van der Waals surface area contributed by atoms with E-state index in [0.717, 1.165) is 6.07 Å². The summed E-state index contributed by atoms with van der Waals surface area (Å²) in [6.07, 6.45) is -3.49. The van der Waals surface area contributed by atoms with Crippen LogP contribution in [-0.4, -0.2) is 5.11 Å². The van der Waals surface area contributed by atoms with E-state index in [2.05, 4.69) is 15.9 Å². The fourth-order valence-electron chi connectivity index (χ4n) is 1.66. The third-order valence-corrected chi connectivity index (χ3v) is 3.08. The van der Waals surface area contributed by atoms with E-state index < -0.39 is 23.5 Å². The minimum Gasteiger partial charge on any atom is -0.506 e. The average Bonchev–Trinajstić information content (AvgIpc) is 2.20. The zero-order valence-electron chi connectivity index (χ0n) is 9.59. The summed E-state index contributed by atoms with van der Waals surface area (Å²) >= 11 is 2.99. The topological polar surface area (TPSA) is 46.2 Å². The van der Waals surface area contributed by atoms with Crippen LogP contribution in [0.15, 0.2) is 16.6 Å². The minimum atomic E-state index is -4.52. The molecule has 1 atom stereocenters. The van der Waals surface area contributed by atoms with Gasteiger partial charge < -0.3 is 10.8 Å². The molecule has 1 aromatic carbocycles. The second-order valence-electron chi connectivity index (χ2n) is 3.75. The monoisotopic (exact) mass is 347 g/mol. The smallest absolute Gasteiger partial charge is 0.416 e. The van der Waals surface area contributed by atoms with Crippen LogP contribution in [0.1, 0.15) is 36.9 Å². The van der Waals surface area contributed by atoms with E-state index in [1.807, 2.05) is 6.92 Å². The van der Waals surface area contributed by atoms with Gasteiger partial charge in [-0.15, -0.1) is 12.4 Å². The van der Waals surface area contributed by atoms with E-state index in [-0.39, 0.29) is 22.4 Å². The number of phenols is 1. The van der Waals surface area contributed by atoms with Gasteiger partial charge in [0.05, 0.1) is 10.0 Å². The van der Waals surface area contributed by atoms with Crippen LogP contribution in [0, 0.1) is 0 Å². The summed E-state index contributed by atoms with van der Waals surface area (Å²) in [5.41, 5.74) is 4.57. The summed E-state index contributed by atoms with van der Waals surface area (Å²) in [5.74, 6) is -0.430. The van der Waals surface area contributed by atoms with E-state index in [0.29, 0.717) is 12.8 Å². The van der Waals surface area contributed by atoms with Gasteiger partial charge in [0.1, 0.15) is 5.75 Å². The fraction of sp³-hybridized carbons (Fsp3) is 0.455. The highest BCUT2D eigenvalue weighted by molar-refractivity contribution is 9.10. The Hall–Kier alpha value is -0.460. The second kappa shape index (κ2) is 6.63. The minimum absolute atomic E-state index is 0. The largest absolute Gasteiger partial charge is 0.506 e. The molecular formula is C11H14BrClF3NO. The molecule has 0 saturated heterocycles. The molecule has 0 aliphatic heterocycles. The summed E-state index contributed by atoms with van der Waals surface area (Å²) < 4.78 is 38.6. The van der Waals surface area contributed by atoms with Gasteiger partial charge in [-0.2, -0.15) is 13.2 Å². The Labute approximate surface area is 118 Å². The molecule has 3 N–H and O–H groups in total. The first-order valence-electron chi connectivity index (χ1n) is 5.13. The van der Waals surface area contributed by atoms with Gasteiger partial charge in [0.2, 0.25) is 0 Å². The molecule has 0 spiro atoms. The molecule has 0 heterocycles. The van der Waals surface area contributed by atoms with Gasteiger partial charge in [0.15, 0.2) is 0 Å². The molecule has 0 aliphatic rings. The summed E-state index contributed by atoms with van der Waals surface area (Å²) in [4.78, 5) is 0. The van der Waals surface area contributed by atoms with Crippen LogP contribution in [0.5, 0.6) is 5.75 Å². The van der Waals surface area contributed by atoms with E-state index in [1.165, 1.54) is 6.07 Å². The highest BCUT2D eigenvalue weighted by Gasteiger charge is 2.36. The third-order valence-electron chi connectivity index (χ3n) is 2.44. The summed E-state index contributed by atoms with van der Waals surface area (Å²) in [6.45, 7) is 1.82. The molecule has 0 saturated carbocycles. The molecule has 0 bridgehead atoms. The van der Waals surface area contributed by atoms with E-state index in [4.69, 9.17) is 5.73 Å². The predicted molar refractivity (Wildman–Crippen MR) is 69.9 cm³/mol. The number of aromatic hydroxyl groups is 1. The summed E-state index contributed by atoms with van der Waals surface area (Å²) in [5, 5.41) is 9.71. The van der Waals surface area contributed by atoms with Crippen molar-refractivity contribution in [2.24, 2.45) is 5.73 Å². The number of alkyl halides is 3. The lowest BCUT2D eigenvalue weighted by atomic mass is 9.96. The van der Waals surface area contributed by atoms with E-state index in [9.17, 15) is 18.3 Å². The van der Waals surface area contributed by atoms with E-state index in [1.54, 1.807) is 0 Å². The number of nitrogens with two attached hydrogens (primary N) is 1. The molecule has 0 amide bonds. The summed E-state index contributed by atoms with van der Waals surface area (Å²) in [6, 6.07) is 1.27. The Morgan fingerprint density at radius 3 is 2.39 bits per heavy atom. The zero-order chi connectivity index (χ0) is 13.2. The third kappa shape index (κ3) is 3.76. The van der Waals surface area contributed by atoms with Gasteiger partial charge in [-0.05, 0) is 34.5 Å². The Bertz CT molecular complexity index is 412. The van der Waals surface area contributed by atoms with E-state index >= 15 is 0 Å². The first-order valence-corrected chi connectivity index (χ1v) is 5.92. The Morgan fingerprint density at radius 1 is 1.39 bits per heavy atom.